The Labute approximate surface area is 91.6 Å². The van der Waals surface area contributed by atoms with Crippen LogP contribution in [0.2, 0.25) is 0 Å². The minimum atomic E-state index is -0.792. The summed E-state index contributed by atoms with van der Waals surface area (Å²) in [5.74, 6) is -2.02. The number of phenols is 2. The summed E-state index contributed by atoms with van der Waals surface area (Å²) in [6.45, 7) is 1.12. The fraction of sp³-hybridized carbons (Fsp3) is 0.0909. The Bertz CT molecular complexity index is 448. The predicted molar refractivity (Wildman–Crippen MR) is 55.6 cm³/mol. The van der Waals surface area contributed by atoms with Gasteiger partial charge < -0.3 is 14.9 Å². The van der Waals surface area contributed by atoms with Gasteiger partial charge in [0, 0.05) is 13.0 Å². The van der Waals surface area contributed by atoms with Gasteiger partial charge in [-0.3, -0.25) is 4.79 Å². The lowest BCUT2D eigenvalue weighted by Crippen LogP contribution is -2.05. The Morgan fingerprint density at radius 2 is 1.94 bits per heavy atom. The first kappa shape index (κ1) is 11.8. The molecule has 0 aromatic heterocycles. The van der Waals surface area contributed by atoms with Crippen molar-refractivity contribution in [1.82, 2.24) is 0 Å². The summed E-state index contributed by atoms with van der Waals surface area (Å²) in [7, 11) is 0. The number of hydrogen-bond acceptors (Lipinski definition) is 5. The quantitative estimate of drug-likeness (QED) is 0.340. The molecule has 0 aliphatic rings. The van der Waals surface area contributed by atoms with Crippen molar-refractivity contribution in [2.75, 3.05) is 0 Å². The van der Waals surface area contributed by atoms with E-state index >= 15 is 0 Å². The zero-order chi connectivity index (χ0) is 12.1. The fourth-order valence-corrected chi connectivity index (χ4v) is 0.984. The average Bonchev–Trinajstić information content (AvgIpc) is 2.19. The Balaban J connectivity index is 2.73. The van der Waals surface area contributed by atoms with Crippen LogP contribution < -0.4 is 0 Å². The topological polar surface area (TPSA) is 83.8 Å². The number of aromatic hydroxyl groups is 2. The number of carbonyl (C=O) groups is 2. The molecular formula is C11H10O5. The maximum absolute atomic E-state index is 10.9. The van der Waals surface area contributed by atoms with Crippen molar-refractivity contribution in [3.05, 3.63) is 29.8 Å². The molecule has 5 nitrogen and oxygen atoms in total. The normalized spacial score (nSPS) is 10.3. The molecule has 1 aromatic rings. The van der Waals surface area contributed by atoms with E-state index < -0.39 is 11.9 Å². The summed E-state index contributed by atoms with van der Waals surface area (Å²) in [4.78, 5) is 21.4. The van der Waals surface area contributed by atoms with E-state index in [-0.39, 0.29) is 11.5 Å². The summed E-state index contributed by atoms with van der Waals surface area (Å²) in [5.41, 5.74) is 0.496. The molecule has 0 unspecified atom stereocenters. The van der Waals surface area contributed by atoms with E-state index in [1.807, 2.05) is 0 Å². The SMILES string of the molecule is CC(=O)OC(=O)/C=C/c1ccc(O)c(O)c1. The van der Waals surface area contributed by atoms with Crippen molar-refractivity contribution in [3.8, 4) is 11.5 Å². The highest BCUT2D eigenvalue weighted by Crippen LogP contribution is 2.25. The third-order valence-electron chi connectivity index (χ3n) is 1.66. The van der Waals surface area contributed by atoms with Crippen LogP contribution in [0.15, 0.2) is 24.3 Å². The van der Waals surface area contributed by atoms with Crippen molar-refractivity contribution in [1.29, 1.82) is 0 Å². The molecule has 1 rings (SSSR count). The third-order valence-corrected chi connectivity index (χ3v) is 1.66. The zero-order valence-electron chi connectivity index (χ0n) is 8.51. The van der Waals surface area contributed by atoms with Crippen LogP contribution in [0.5, 0.6) is 11.5 Å². The highest BCUT2D eigenvalue weighted by molar-refractivity contribution is 5.94. The van der Waals surface area contributed by atoms with Crippen molar-refractivity contribution in [3.63, 3.8) is 0 Å². The number of hydrogen-bond donors (Lipinski definition) is 2. The van der Waals surface area contributed by atoms with E-state index in [2.05, 4.69) is 4.74 Å². The second-order valence-electron chi connectivity index (χ2n) is 2.99. The van der Waals surface area contributed by atoms with E-state index in [4.69, 9.17) is 10.2 Å². The summed E-state index contributed by atoms with van der Waals surface area (Å²) in [5, 5.41) is 18.2. The standard InChI is InChI=1S/C11H10O5/c1-7(12)16-11(15)5-3-8-2-4-9(13)10(14)6-8/h2-6,13-14H,1H3/b5-3+. The van der Waals surface area contributed by atoms with E-state index in [1.54, 1.807) is 0 Å². The molecule has 0 bridgehead atoms. The molecule has 0 heterocycles. The van der Waals surface area contributed by atoms with Gasteiger partial charge in [-0.1, -0.05) is 6.07 Å². The molecule has 0 atom stereocenters. The first-order valence-corrected chi connectivity index (χ1v) is 4.41. The Morgan fingerprint density at radius 3 is 2.50 bits per heavy atom. The van der Waals surface area contributed by atoms with E-state index in [9.17, 15) is 9.59 Å². The number of benzene rings is 1. The number of phenolic OH excluding ortho intramolecular Hbond substituents is 2. The van der Waals surface area contributed by atoms with Crippen molar-refractivity contribution < 1.29 is 24.5 Å². The van der Waals surface area contributed by atoms with Gasteiger partial charge in [0.15, 0.2) is 11.5 Å². The molecule has 0 aliphatic carbocycles. The minimum Gasteiger partial charge on any atom is -0.504 e. The largest absolute Gasteiger partial charge is 0.504 e. The van der Waals surface area contributed by atoms with Crippen LogP contribution in [-0.2, 0) is 14.3 Å². The predicted octanol–water partition coefficient (Wildman–Crippen LogP) is 1.20. The molecule has 0 aliphatic heterocycles. The van der Waals surface area contributed by atoms with Gasteiger partial charge in [-0.05, 0) is 23.8 Å². The first-order chi connectivity index (χ1) is 7.49. The molecule has 0 amide bonds. The van der Waals surface area contributed by atoms with Gasteiger partial charge in [0.05, 0.1) is 0 Å². The minimum absolute atomic E-state index is 0.247. The number of rotatable bonds is 2. The van der Waals surface area contributed by atoms with Crippen molar-refractivity contribution in [2.24, 2.45) is 0 Å². The Kier molecular flexibility index (Phi) is 3.66. The maximum atomic E-state index is 10.9. The van der Waals surface area contributed by atoms with Crippen LogP contribution in [0.4, 0.5) is 0 Å². The average molecular weight is 222 g/mol. The zero-order valence-corrected chi connectivity index (χ0v) is 8.51. The molecule has 0 spiro atoms. The van der Waals surface area contributed by atoms with E-state index in [0.29, 0.717) is 5.56 Å². The molecule has 5 heteroatoms. The van der Waals surface area contributed by atoms with Crippen LogP contribution in [0.3, 0.4) is 0 Å². The molecule has 0 saturated carbocycles. The van der Waals surface area contributed by atoms with E-state index in [0.717, 1.165) is 13.0 Å². The van der Waals surface area contributed by atoms with Gasteiger partial charge in [-0.2, -0.15) is 0 Å². The van der Waals surface area contributed by atoms with E-state index in [1.165, 1.54) is 24.3 Å². The molecule has 0 saturated heterocycles. The number of carbonyl (C=O) groups excluding carboxylic acids is 2. The summed E-state index contributed by atoms with van der Waals surface area (Å²) in [6, 6.07) is 4.05. The number of esters is 2. The lowest BCUT2D eigenvalue weighted by molar-refractivity contribution is -0.154. The molecule has 0 radical (unpaired) electrons. The maximum Gasteiger partial charge on any atom is 0.338 e. The molecule has 2 N–H and O–H groups in total. The molecule has 1 aromatic carbocycles. The van der Waals surface area contributed by atoms with Crippen molar-refractivity contribution >= 4 is 18.0 Å². The molecule has 16 heavy (non-hydrogen) atoms. The van der Waals surface area contributed by atoms with Crippen LogP contribution in [0.25, 0.3) is 6.08 Å². The van der Waals surface area contributed by atoms with Crippen LogP contribution in [0, 0.1) is 0 Å². The summed E-state index contributed by atoms with van der Waals surface area (Å²) < 4.78 is 4.25. The molecule has 0 fully saturated rings. The van der Waals surface area contributed by atoms with Gasteiger partial charge in [0.25, 0.3) is 0 Å². The monoisotopic (exact) mass is 222 g/mol. The lowest BCUT2D eigenvalue weighted by Gasteiger charge is -1.98. The lowest BCUT2D eigenvalue weighted by atomic mass is 10.2. The first-order valence-electron chi connectivity index (χ1n) is 4.41. The van der Waals surface area contributed by atoms with Gasteiger partial charge in [0.2, 0.25) is 0 Å². The fourth-order valence-electron chi connectivity index (χ4n) is 0.984. The summed E-state index contributed by atoms with van der Waals surface area (Å²) in [6.07, 6.45) is 2.40. The smallest absolute Gasteiger partial charge is 0.338 e. The highest BCUT2D eigenvalue weighted by Gasteiger charge is 2.01. The molecule has 84 valence electrons. The van der Waals surface area contributed by atoms with Crippen LogP contribution in [0.1, 0.15) is 12.5 Å². The Hall–Kier alpha value is -2.30. The second-order valence-corrected chi connectivity index (χ2v) is 2.99. The third kappa shape index (κ3) is 3.45. The van der Waals surface area contributed by atoms with Gasteiger partial charge in [-0.25, -0.2) is 4.79 Å². The molecular weight excluding hydrogens is 212 g/mol. The van der Waals surface area contributed by atoms with Gasteiger partial charge in [-0.15, -0.1) is 0 Å². The van der Waals surface area contributed by atoms with Crippen molar-refractivity contribution in [2.45, 2.75) is 6.92 Å². The number of ether oxygens (including phenoxy) is 1. The summed E-state index contributed by atoms with van der Waals surface area (Å²) >= 11 is 0. The van der Waals surface area contributed by atoms with Gasteiger partial charge in [0.1, 0.15) is 0 Å². The highest BCUT2D eigenvalue weighted by atomic mass is 16.6. The Morgan fingerprint density at radius 1 is 1.25 bits per heavy atom. The van der Waals surface area contributed by atoms with Crippen LogP contribution in [-0.4, -0.2) is 22.2 Å². The second kappa shape index (κ2) is 4.97. The van der Waals surface area contributed by atoms with Crippen LogP contribution >= 0.6 is 0 Å². The van der Waals surface area contributed by atoms with Gasteiger partial charge >= 0.3 is 11.9 Å².